The van der Waals surface area contributed by atoms with Gasteiger partial charge >= 0.3 is 0 Å². The van der Waals surface area contributed by atoms with Crippen LogP contribution < -0.4 is 5.14 Å². The highest BCUT2D eigenvalue weighted by Crippen LogP contribution is 2.01. The summed E-state index contributed by atoms with van der Waals surface area (Å²) in [4.78, 5) is 2.20. The van der Waals surface area contributed by atoms with Gasteiger partial charge in [-0.2, -0.15) is 0 Å². The van der Waals surface area contributed by atoms with Crippen LogP contribution in [-0.2, 0) is 0 Å². The van der Waals surface area contributed by atoms with Crippen molar-refractivity contribution >= 4 is 11.9 Å². The van der Waals surface area contributed by atoms with Gasteiger partial charge in [-0.05, 0) is 27.4 Å². The van der Waals surface area contributed by atoms with E-state index in [0.717, 1.165) is 5.75 Å². The number of nitrogens with two attached hydrogens (primary N) is 1. The Bertz CT molecular complexity index is 66.1. The summed E-state index contributed by atoms with van der Waals surface area (Å²) in [7, 11) is 4.18. The van der Waals surface area contributed by atoms with Crippen LogP contribution in [0.2, 0.25) is 0 Å². The molecule has 0 aromatic carbocycles. The molecule has 2 nitrogen and oxygen atoms in total. The van der Waals surface area contributed by atoms with Gasteiger partial charge in [0.1, 0.15) is 0 Å². The van der Waals surface area contributed by atoms with Crippen molar-refractivity contribution in [1.29, 1.82) is 0 Å². The molecule has 0 rings (SSSR count). The average Bonchev–Trinajstić information content (AvgIpc) is 1.82. The second-order valence-corrected chi connectivity index (χ2v) is 3.21. The Morgan fingerprint density at radius 1 is 1.56 bits per heavy atom. The van der Waals surface area contributed by atoms with Gasteiger partial charge in [-0.1, -0.05) is 11.9 Å². The SMILES string of the molecule is CC(CCSN)N(C)C. The number of hydrogen-bond acceptors (Lipinski definition) is 3. The van der Waals surface area contributed by atoms with Crippen molar-refractivity contribution in [3.8, 4) is 0 Å². The normalized spacial score (nSPS) is 14.3. The quantitative estimate of drug-likeness (QED) is 0.601. The zero-order chi connectivity index (χ0) is 7.28. The van der Waals surface area contributed by atoms with Crippen molar-refractivity contribution < 1.29 is 0 Å². The molecule has 0 heterocycles. The maximum absolute atomic E-state index is 5.28. The molecule has 0 aromatic heterocycles. The fourth-order valence-corrected chi connectivity index (χ4v) is 0.974. The molecule has 2 N–H and O–H groups in total. The Labute approximate surface area is 61.9 Å². The van der Waals surface area contributed by atoms with Crippen LogP contribution in [0.3, 0.4) is 0 Å². The highest BCUT2D eigenvalue weighted by molar-refractivity contribution is 7.97. The Hall–Kier alpha value is 0.270. The van der Waals surface area contributed by atoms with E-state index in [2.05, 4.69) is 25.9 Å². The van der Waals surface area contributed by atoms with E-state index in [1.807, 2.05) is 0 Å². The van der Waals surface area contributed by atoms with E-state index in [1.54, 1.807) is 0 Å². The summed E-state index contributed by atoms with van der Waals surface area (Å²) in [6, 6.07) is 0.654. The van der Waals surface area contributed by atoms with Crippen LogP contribution in [0.5, 0.6) is 0 Å². The molecule has 0 aliphatic rings. The first kappa shape index (κ1) is 9.27. The summed E-state index contributed by atoms with van der Waals surface area (Å²) >= 11 is 1.42. The summed E-state index contributed by atoms with van der Waals surface area (Å²) < 4.78 is 0. The van der Waals surface area contributed by atoms with Crippen molar-refractivity contribution in [2.24, 2.45) is 5.14 Å². The third-order valence-corrected chi connectivity index (χ3v) is 2.01. The van der Waals surface area contributed by atoms with Crippen molar-refractivity contribution in [3.05, 3.63) is 0 Å². The highest BCUT2D eigenvalue weighted by Gasteiger charge is 2.01. The summed E-state index contributed by atoms with van der Waals surface area (Å²) in [5, 5.41) is 5.28. The van der Waals surface area contributed by atoms with Gasteiger partial charge in [-0.25, -0.2) is 0 Å². The van der Waals surface area contributed by atoms with Crippen LogP contribution in [0, 0.1) is 0 Å². The Morgan fingerprint density at radius 2 is 2.11 bits per heavy atom. The first-order valence-corrected chi connectivity index (χ1v) is 4.21. The van der Waals surface area contributed by atoms with Crippen LogP contribution in [0.4, 0.5) is 0 Å². The van der Waals surface area contributed by atoms with E-state index in [0.29, 0.717) is 6.04 Å². The van der Waals surface area contributed by atoms with Crippen molar-refractivity contribution in [1.82, 2.24) is 4.90 Å². The van der Waals surface area contributed by atoms with E-state index in [9.17, 15) is 0 Å². The zero-order valence-electron chi connectivity index (χ0n) is 6.42. The van der Waals surface area contributed by atoms with Crippen molar-refractivity contribution in [2.45, 2.75) is 19.4 Å². The lowest BCUT2D eigenvalue weighted by Crippen LogP contribution is -2.25. The second-order valence-electron chi connectivity index (χ2n) is 2.47. The molecule has 0 amide bonds. The van der Waals surface area contributed by atoms with Gasteiger partial charge in [0.2, 0.25) is 0 Å². The van der Waals surface area contributed by atoms with Crippen molar-refractivity contribution in [3.63, 3.8) is 0 Å². The van der Waals surface area contributed by atoms with Gasteiger partial charge in [0.05, 0.1) is 0 Å². The van der Waals surface area contributed by atoms with Crippen LogP contribution in [0.1, 0.15) is 13.3 Å². The first-order chi connectivity index (χ1) is 4.18. The van der Waals surface area contributed by atoms with Gasteiger partial charge in [-0.15, -0.1) is 0 Å². The number of hydrogen-bond donors (Lipinski definition) is 1. The first-order valence-electron chi connectivity index (χ1n) is 3.16. The molecule has 1 unspecified atom stereocenters. The molecule has 0 radical (unpaired) electrons. The lowest BCUT2D eigenvalue weighted by molar-refractivity contribution is 0.308. The smallest absolute Gasteiger partial charge is 0.00912 e. The number of nitrogens with zero attached hydrogens (tertiary/aromatic N) is 1. The molecule has 9 heavy (non-hydrogen) atoms. The molecule has 0 aliphatic carbocycles. The summed E-state index contributed by atoms with van der Waals surface area (Å²) in [6.07, 6.45) is 1.17. The van der Waals surface area contributed by atoms with Crippen LogP contribution >= 0.6 is 11.9 Å². The van der Waals surface area contributed by atoms with Gasteiger partial charge in [0, 0.05) is 11.8 Å². The Kier molecular flexibility index (Phi) is 5.24. The summed E-state index contributed by atoms with van der Waals surface area (Å²) in [6.45, 7) is 2.20. The average molecular weight is 148 g/mol. The maximum Gasteiger partial charge on any atom is 0.00912 e. The third kappa shape index (κ3) is 4.75. The van der Waals surface area contributed by atoms with Gasteiger partial charge < -0.3 is 4.90 Å². The summed E-state index contributed by atoms with van der Waals surface area (Å²) in [5.41, 5.74) is 0. The molecular formula is C6H16N2S. The van der Waals surface area contributed by atoms with Crippen LogP contribution in [0.15, 0.2) is 0 Å². The maximum atomic E-state index is 5.28. The zero-order valence-corrected chi connectivity index (χ0v) is 7.24. The molecule has 1 atom stereocenters. The van der Waals surface area contributed by atoms with Crippen LogP contribution in [0.25, 0.3) is 0 Å². The molecule has 3 heteroatoms. The minimum absolute atomic E-state index is 0.654. The molecule has 0 aromatic rings. The third-order valence-electron chi connectivity index (χ3n) is 1.54. The predicted octanol–water partition coefficient (Wildman–Crippen LogP) is 0.934. The van der Waals surface area contributed by atoms with Gasteiger partial charge in [0.15, 0.2) is 0 Å². The predicted molar refractivity (Wildman–Crippen MR) is 44.4 cm³/mol. The van der Waals surface area contributed by atoms with E-state index >= 15 is 0 Å². The molecule has 0 fully saturated rings. The van der Waals surface area contributed by atoms with Gasteiger partial charge in [-0.3, -0.25) is 5.14 Å². The lowest BCUT2D eigenvalue weighted by Gasteiger charge is -2.18. The summed E-state index contributed by atoms with van der Waals surface area (Å²) in [5.74, 6) is 1.05. The van der Waals surface area contributed by atoms with E-state index < -0.39 is 0 Å². The standard InChI is InChI=1S/C6H16N2S/c1-6(8(2)3)4-5-9-7/h6H,4-5,7H2,1-3H3. The molecule has 0 spiro atoms. The van der Waals surface area contributed by atoms with E-state index in [-0.39, 0.29) is 0 Å². The number of rotatable bonds is 4. The van der Waals surface area contributed by atoms with Gasteiger partial charge in [0.25, 0.3) is 0 Å². The monoisotopic (exact) mass is 148 g/mol. The minimum Gasteiger partial charge on any atom is -0.307 e. The van der Waals surface area contributed by atoms with E-state index in [4.69, 9.17) is 5.14 Å². The molecular weight excluding hydrogens is 132 g/mol. The fourth-order valence-electron chi connectivity index (χ4n) is 0.497. The Morgan fingerprint density at radius 3 is 2.44 bits per heavy atom. The lowest BCUT2D eigenvalue weighted by atomic mass is 10.2. The second kappa shape index (κ2) is 5.09. The molecule has 0 aliphatic heterocycles. The van der Waals surface area contributed by atoms with Crippen molar-refractivity contribution in [2.75, 3.05) is 19.8 Å². The largest absolute Gasteiger partial charge is 0.307 e. The van der Waals surface area contributed by atoms with E-state index in [1.165, 1.54) is 18.4 Å². The van der Waals surface area contributed by atoms with Crippen LogP contribution in [-0.4, -0.2) is 30.8 Å². The fraction of sp³-hybridized carbons (Fsp3) is 1.00. The topological polar surface area (TPSA) is 29.3 Å². The molecule has 0 saturated heterocycles. The highest BCUT2D eigenvalue weighted by atomic mass is 32.2. The molecule has 56 valence electrons. The Balaban J connectivity index is 3.16. The molecule has 0 saturated carbocycles. The molecule has 0 bridgehead atoms. The minimum atomic E-state index is 0.654.